The van der Waals surface area contributed by atoms with E-state index in [1.54, 1.807) is 7.11 Å². The highest BCUT2D eigenvalue weighted by atomic mass is 16.5. The van der Waals surface area contributed by atoms with Gasteiger partial charge in [0.1, 0.15) is 6.23 Å². The number of aromatic nitrogens is 1. The molecule has 21 heavy (non-hydrogen) atoms. The van der Waals surface area contributed by atoms with Gasteiger partial charge in [0.15, 0.2) is 0 Å². The first-order valence-corrected chi connectivity index (χ1v) is 7.25. The highest BCUT2D eigenvalue weighted by molar-refractivity contribution is 5.33. The molecule has 4 heteroatoms. The lowest BCUT2D eigenvalue weighted by molar-refractivity contribution is 0.0533. The number of nitrogens with one attached hydrogen (secondary N) is 2. The van der Waals surface area contributed by atoms with E-state index in [2.05, 4.69) is 17.2 Å². The van der Waals surface area contributed by atoms with Crippen LogP contribution < -0.4 is 10.9 Å². The van der Waals surface area contributed by atoms with Crippen molar-refractivity contribution in [3.8, 4) is 0 Å². The zero-order chi connectivity index (χ0) is 14.8. The molecular weight excluding hydrogens is 264 g/mol. The predicted octanol–water partition coefficient (Wildman–Crippen LogP) is 2.14. The molecule has 2 aromatic rings. The molecule has 0 amide bonds. The maximum atomic E-state index is 12.3. The van der Waals surface area contributed by atoms with Crippen molar-refractivity contribution in [1.29, 1.82) is 0 Å². The van der Waals surface area contributed by atoms with Gasteiger partial charge in [0, 0.05) is 25.1 Å². The fraction of sp³-hybridized carbons (Fsp3) is 0.353. The molecule has 0 spiro atoms. The number of pyridine rings is 1. The minimum absolute atomic E-state index is 0.0315. The molecule has 0 aliphatic carbocycles. The third kappa shape index (κ3) is 2.91. The fourth-order valence-corrected chi connectivity index (χ4v) is 2.90. The Bertz CT molecular complexity index is 679. The molecule has 0 saturated carbocycles. The normalized spacial score (nSPS) is 21.0. The van der Waals surface area contributed by atoms with Crippen LogP contribution in [0.5, 0.6) is 0 Å². The van der Waals surface area contributed by atoms with Crippen LogP contribution in [0.25, 0.3) is 0 Å². The molecule has 1 aliphatic rings. The van der Waals surface area contributed by atoms with Crippen LogP contribution in [0.15, 0.2) is 41.2 Å². The van der Waals surface area contributed by atoms with Crippen molar-refractivity contribution in [1.82, 2.24) is 10.3 Å². The topological polar surface area (TPSA) is 54.1 Å². The van der Waals surface area contributed by atoms with Crippen molar-refractivity contribution >= 4 is 0 Å². The largest absolute Gasteiger partial charge is 0.361 e. The summed E-state index contributed by atoms with van der Waals surface area (Å²) in [6, 6.07) is 12.4. The Balaban J connectivity index is 1.97. The maximum Gasteiger partial charge on any atom is 0.251 e. The first-order chi connectivity index (χ1) is 10.2. The average molecular weight is 284 g/mol. The Morgan fingerprint density at radius 3 is 2.76 bits per heavy atom. The summed E-state index contributed by atoms with van der Waals surface area (Å²) >= 11 is 0. The van der Waals surface area contributed by atoms with E-state index in [9.17, 15) is 4.79 Å². The lowest BCUT2D eigenvalue weighted by Gasteiger charge is -2.30. The molecule has 1 aliphatic heterocycles. The van der Waals surface area contributed by atoms with E-state index in [0.717, 1.165) is 23.2 Å². The summed E-state index contributed by atoms with van der Waals surface area (Å²) in [5.74, 6) is 0. The number of aromatic amines is 1. The van der Waals surface area contributed by atoms with Gasteiger partial charge in [-0.1, -0.05) is 30.3 Å². The summed E-state index contributed by atoms with van der Waals surface area (Å²) in [7, 11) is 1.65. The number of benzene rings is 1. The first kappa shape index (κ1) is 14.0. The number of H-pyrrole nitrogens is 1. The van der Waals surface area contributed by atoms with Crippen LogP contribution in [0.4, 0.5) is 0 Å². The molecule has 4 nitrogen and oxygen atoms in total. The van der Waals surface area contributed by atoms with E-state index in [4.69, 9.17) is 4.74 Å². The number of methoxy groups -OCH3 is 1. The lowest BCUT2D eigenvalue weighted by Crippen LogP contribution is -2.40. The third-order valence-electron chi connectivity index (χ3n) is 3.93. The van der Waals surface area contributed by atoms with Gasteiger partial charge in [-0.25, -0.2) is 0 Å². The van der Waals surface area contributed by atoms with E-state index in [-0.39, 0.29) is 11.8 Å². The Kier molecular flexibility index (Phi) is 3.90. The van der Waals surface area contributed by atoms with Crippen LogP contribution in [0.2, 0.25) is 0 Å². The Hall–Kier alpha value is -1.91. The maximum absolute atomic E-state index is 12.3. The van der Waals surface area contributed by atoms with Gasteiger partial charge in [-0.3, -0.25) is 10.1 Å². The second kappa shape index (κ2) is 5.84. The van der Waals surface area contributed by atoms with Crippen LogP contribution in [0, 0.1) is 0 Å². The smallest absolute Gasteiger partial charge is 0.251 e. The minimum atomic E-state index is -0.234. The summed E-state index contributed by atoms with van der Waals surface area (Å²) < 4.78 is 5.42. The van der Waals surface area contributed by atoms with E-state index in [1.165, 1.54) is 5.56 Å². The third-order valence-corrected chi connectivity index (χ3v) is 3.93. The second-order valence-electron chi connectivity index (χ2n) is 5.61. The highest BCUT2D eigenvalue weighted by Gasteiger charge is 2.25. The lowest BCUT2D eigenvalue weighted by atomic mass is 9.96. The van der Waals surface area contributed by atoms with Crippen LogP contribution in [0.3, 0.4) is 0 Å². The van der Waals surface area contributed by atoms with Crippen molar-refractivity contribution in [3.05, 3.63) is 69.1 Å². The number of ether oxygens (including phenoxy) is 1. The second-order valence-corrected chi connectivity index (χ2v) is 5.61. The van der Waals surface area contributed by atoms with Crippen molar-refractivity contribution in [2.75, 3.05) is 7.11 Å². The molecule has 2 unspecified atom stereocenters. The Labute approximate surface area is 124 Å². The van der Waals surface area contributed by atoms with Crippen molar-refractivity contribution in [3.63, 3.8) is 0 Å². The zero-order valence-electron chi connectivity index (χ0n) is 12.3. The molecule has 2 atom stereocenters. The van der Waals surface area contributed by atoms with E-state index >= 15 is 0 Å². The molecular formula is C17H20N2O2. The van der Waals surface area contributed by atoms with Gasteiger partial charge in [-0.05, 0) is 30.5 Å². The standard InChI is InChI=1S/C17H20N2O2/c1-11-8-13-10-14(9-12-6-4-3-5-7-12)16(20)19-15(13)17(18-11)21-2/h3-7,10-11,17-18H,8-9H2,1-2H3,(H,19,20). The molecule has 0 bridgehead atoms. The Morgan fingerprint density at radius 1 is 1.29 bits per heavy atom. The van der Waals surface area contributed by atoms with Gasteiger partial charge in [0.2, 0.25) is 0 Å². The van der Waals surface area contributed by atoms with E-state index in [1.807, 2.05) is 36.4 Å². The molecule has 110 valence electrons. The summed E-state index contributed by atoms with van der Waals surface area (Å²) in [6.07, 6.45) is 1.32. The van der Waals surface area contributed by atoms with Gasteiger partial charge in [-0.2, -0.15) is 0 Å². The fourth-order valence-electron chi connectivity index (χ4n) is 2.90. The Morgan fingerprint density at radius 2 is 2.05 bits per heavy atom. The van der Waals surface area contributed by atoms with Gasteiger partial charge < -0.3 is 9.72 Å². The van der Waals surface area contributed by atoms with Crippen molar-refractivity contribution < 1.29 is 4.74 Å². The summed E-state index contributed by atoms with van der Waals surface area (Å²) in [5.41, 5.74) is 3.95. The molecule has 0 radical (unpaired) electrons. The quantitative estimate of drug-likeness (QED) is 0.908. The van der Waals surface area contributed by atoms with Gasteiger partial charge in [0.05, 0.1) is 5.69 Å². The minimum Gasteiger partial charge on any atom is -0.361 e. The summed E-state index contributed by atoms with van der Waals surface area (Å²) in [5, 5.41) is 3.33. The van der Waals surface area contributed by atoms with Crippen LogP contribution >= 0.6 is 0 Å². The molecule has 2 heterocycles. The van der Waals surface area contributed by atoms with Crippen LogP contribution in [0.1, 0.15) is 35.5 Å². The zero-order valence-corrected chi connectivity index (χ0v) is 12.3. The number of hydrogen-bond donors (Lipinski definition) is 2. The summed E-state index contributed by atoms with van der Waals surface area (Å²) in [6.45, 7) is 2.12. The number of rotatable bonds is 3. The van der Waals surface area contributed by atoms with E-state index < -0.39 is 0 Å². The van der Waals surface area contributed by atoms with Crippen molar-refractivity contribution in [2.45, 2.75) is 32.0 Å². The number of hydrogen-bond acceptors (Lipinski definition) is 3. The van der Waals surface area contributed by atoms with Gasteiger partial charge >= 0.3 is 0 Å². The van der Waals surface area contributed by atoms with Gasteiger partial charge in [0.25, 0.3) is 5.56 Å². The molecule has 0 saturated heterocycles. The molecule has 2 N–H and O–H groups in total. The monoisotopic (exact) mass is 284 g/mol. The predicted molar refractivity (Wildman–Crippen MR) is 82.4 cm³/mol. The molecule has 3 rings (SSSR count). The molecule has 1 aromatic heterocycles. The van der Waals surface area contributed by atoms with Crippen LogP contribution in [-0.4, -0.2) is 18.1 Å². The highest BCUT2D eigenvalue weighted by Crippen LogP contribution is 2.23. The van der Waals surface area contributed by atoms with Crippen molar-refractivity contribution in [2.24, 2.45) is 0 Å². The SMILES string of the molecule is COC1NC(C)Cc2cc(Cc3ccccc3)c(=O)[nH]c21. The van der Waals surface area contributed by atoms with Crippen LogP contribution in [-0.2, 0) is 17.6 Å². The molecule has 1 aromatic carbocycles. The van der Waals surface area contributed by atoms with Gasteiger partial charge in [-0.15, -0.1) is 0 Å². The number of fused-ring (bicyclic) bond motifs is 1. The summed E-state index contributed by atoms with van der Waals surface area (Å²) in [4.78, 5) is 15.3. The first-order valence-electron chi connectivity index (χ1n) is 7.25. The van der Waals surface area contributed by atoms with E-state index in [0.29, 0.717) is 12.5 Å². The average Bonchev–Trinajstić information content (AvgIpc) is 2.49. The molecule has 0 fully saturated rings.